The maximum atomic E-state index is 13.1. The highest BCUT2D eigenvalue weighted by Crippen LogP contribution is 2.19. The minimum absolute atomic E-state index is 0.119. The SMILES string of the molecule is CC(C)NS(=O)(=O)c1ccc(C(=O)N2CCCN(c3ccc(F)cc3)CC2)cc1. The van der Waals surface area contributed by atoms with Gasteiger partial charge < -0.3 is 9.80 Å². The molecule has 0 bridgehead atoms. The number of rotatable bonds is 5. The standard InChI is InChI=1S/C21H26FN3O3S/c1-16(2)23-29(27,28)20-10-4-17(5-11-20)21(26)25-13-3-12-24(14-15-25)19-8-6-18(22)7-9-19/h4-11,16,23H,3,12-15H2,1-2H3. The van der Waals surface area contributed by atoms with E-state index in [1.807, 2.05) is 0 Å². The van der Waals surface area contributed by atoms with Gasteiger partial charge >= 0.3 is 0 Å². The normalized spacial score (nSPS) is 15.4. The van der Waals surface area contributed by atoms with Crippen LogP contribution in [0.5, 0.6) is 0 Å². The number of carbonyl (C=O) groups is 1. The van der Waals surface area contributed by atoms with Gasteiger partial charge in [0.05, 0.1) is 4.90 Å². The number of benzene rings is 2. The average Bonchev–Trinajstić information content (AvgIpc) is 2.93. The summed E-state index contributed by atoms with van der Waals surface area (Å²) in [6.07, 6.45) is 0.799. The molecule has 0 unspecified atom stereocenters. The number of carbonyl (C=O) groups excluding carboxylic acids is 1. The summed E-state index contributed by atoms with van der Waals surface area (Å²) >= 11 is 0. The lowest BCUT2D eigenvalue weighted by Crippen LogP contribution is -2.35. The number of nitrogens with one attached hydrogen (secondary N) is 1. The molecule has 1 aliphatic rings. The maximum absolute atomic E-state index is 13.1. The largest absolute Gasteiger partial charge is 0.370 e. The fraction of sp³-hybridized carbons (Fsp3) is 0.381. The van der Waals surface area contributed by atoms with E-state index in [1.165, 1.54) is 24.3 Å². The van der Waals surface area contributed by atoms with E-state index in [2.05, 4.69) is 9.62 Å². The van der Waals surface area contributed by atoms with Gasteiger partial charge in [-0.05, 0) is 68.8 Å². The highest BCUT2D eigenvalue weighted by molar-refractivity contribution is 7.89. The first-order valence-corrected chi connectivity index (χ1v) is 11.2. The molecule has 6 nitrogen and oxygen atoms in total. The van der Waals surface area contributed by atoms with E-state index in [9.17, 15) is 17.6 Å². The Morgan fingerprint density at radius 2 is 1.62 bits per heavy atom. The molecular weight excluding hydrogens is 393 g/mol. The van der Waals surface area contributed by atoms with Gasteiger partial charge in [-0.1, -0.05) is 0 Å². The minimum atomic E-state index is -3.58. The van der Waals surface area contributed by atoms with E-state index in [-0.39, 0.29) is 22.7 Å². The van der Waals surface area contributed by atoms with E-state index in [1.54, 1.807) is 43.0 Å². The van der Waals surface area contributed by atoms with E-state index in [4.69, 9.17) is 0 Å². The Morgan fingerprint density at radius 1 is 0.966 bits per heavy atom. The second kappa shape index (κ2) is 8.92. The van der Waals surface area contributed by atoms with Crippen molar-refractivity contribution < 1.29 is 17.6 Å². The first-order valence-electron chi connectivity index (χ1n) is 9.68. The fourth-order valence-electron chi connectivity index (χ4n) is 3.37. The fourth-order valence-corrected chi connectivity index (χ4v) is 4.62. The van der Waals surface area contributed by atoms with Gasteiger partial charge in [0.1, 0.15) is 5.82 Å². The summed E-state index contributed by atoms with van der Waals surface area (Å²) in [5, 5.41) is 0. The molecule has 0 saturated carbocycles. The van der Waals surface area contributed by atoms with E-state index >= 15 is 0 Å². The lowest BCUT2D eigenvalue weighted by Gasteiger charge is -2.24. The van der Waals surface area contributed by atoms with Crippen LogP contribution in [0.25, 0.3) is 0 Å². The summed E-state index contributed by atoms with van der Waals surface area (Å²) in [7, 11) is -3.58. The molecule has 1 aliphatic heterocycles. The van der Waals surface area contributed by atoms with Crippen molar-refractivity contribution in [3.63, 3.8) is 0 Å². The Morgan fingerprint density at radius 3 is 2.24 bits per heavy atom. The predicted molar refractivity (Wildman–Crippen MR) is 111 cm³/mol. The molecule has 0 aliphatic carbocycles. The summed E-state index contributed by atoms with van der Waals surface area (Å²) in [6.45, 7) is 6.11. The number of nitrogens with zero attached hydrogens (tertiary/aromatic N) is 2. The molecule has 0 aromatic heterocycles. The Kier molecular flexibility index (Phi) is 6.54. The topological polar surface area (TPSA) is 69.7 Å². The third kappa shape index (κ3) is 5.33. The van der Waals surface area contributed by atoms with E-state index in [0.717, 1.165) is 18.7 Å². The Labute approximate surface area is 171 Å². The maximum Gasteiger partial charge on any atom is 0.253 e. The molecule has 3 rings (SSSR count). The lowest BCUT2D eigenvalue weighted by molar-refractivity contribution is 0.0767. The number of amides is 1. The zero-order valence-electron chi connectivity index (χ0n) is 16.6. The molecule has 8 heteroatoms. The molecule has 1 fully saturated rings. The van der Waals surface area contributed by atoms with Crippen LogP contribution >= 0.6 is 0 Å². The van der Waals surface area contributed by atoms with Gasteiger partial charge in [-0.15, -0.1) is 0 Å². The molecule has 0 spiro atoms. The van der Waals surface area contributed by atoms with Crippen LogP contribution in [0.4, 0.5) is 10.1 Å². The molecule has 2 aromatic rings. The van der Waals surface area contributed by atoms with E-state index in [0.29, 0.717) is 25.2 Å². The predicted octanol–water partition coefficient (Wildman–Crippen LogP) is 2.86. The molecule has 156 valence electrons. The van der Waals surface area contributed by atoms with Gasteiger partial charge in [0.2, 0.25) is 10.0 Å². The third-order valence-corrected chi connectivity index (χ3v) is 6.45. The quantitative estimate of drug-likeness (QED) is 0.809. The zero-order chi connectivity index (χ0) is 21.0. The van der Waals surface area contributed by atoms with Gasteiger partial charge in [-0.2, -0.15) is 0 Å². The van der Waals surface area contributed by atoms with E-state index < -0.39 is 10.0 Å². The van der Waals surface area contributed by atoms with Crippen LogP contribution in [-0.2, 0) is 10.0 Å². The van der Waals surface area contributed by atoms with Gasteiger partial charge in [-0.3, -0.25) is 4.79 Å². The van der Waals surface area contributed by atoms with Crippen molar-refractivity contribution in [2.24, 2.45) is 0 Å². The third-order valence-electron chi connectivity index (χ3n) is 4.78. The van der Waals surface area contributed by atoms with Crippen LogP contribution in [-0.4, -0.2) is 51.4 Å². The number of hydrogen-bond acceptors (Lipinski definition) is 4. The monoisotopic (exact) mass is 419 g/mol. The number of halogens is 1. The first kappa shape index (κ1) is 21.3. The summed E-state index contributed by atoms with van der Waals surface area (Å²) in [5.74, 6) is -0.388. The highest BCUT2D eigenvalue weighted by Gasteiger charge is 2.22. The summed E-state index contributed by atoms with van der Waals surface area (Å²) in [4.78, 5) is 16.9. The molecule has 2 aromatic carbocycles. The van der Waals surface area contributed by atoms with Crippen LogP contribution < -0.4 is 9.62 Å². The van der Waals surface area contributed by atoms with Crippen LogP contribution in [0.1, 0.15) is 30.6 Å². The highest BCUT2D eigenvalue weighted by atomic mass is 32.2. The minimum Gasteiger partial charge on any atom is -0.370 e. The van der Waals surface area contributed by atoms with Crippen LogP contribution in [0.2, 0.25) is 0 Å². The van der Waals surface area contributed by atoms with Crippen molar-refractivity contribution in [1.82, 2.24) is 9.62 Å². The van der Waals surface area contributed by atoms with Crippen LogP contribution in [0.3, 0.4) is 0 Å². The van der Waals surface area contributed by atoms with Crippen molar-refractivity contribution in [2.75, 3.05) is 31.1 Å². The molecule has 1 amide bonds. The molecular formula is C21H26FN3O3S. The average molecular weight is 420 g/mol. The molecule has 29 heavy (non-hydrogen) atoms. The lowest BCUT2D eigenvalue weighted by atomic mass is 10.2. The molecule has 1 N–H and O–H groups in total. The molecule has 1 heterocycles. The van der Waals surface area contributed by atoms with Crippen molar-refractivity contribution in [3.05, 3.63) is 59.9 Å². The second-order valence-electron chi connectivity index (χ2n) is 7.41. The second-order valence-corrected chi connectivity index (χ2v) is 9.12. The Bertz CT molecular complexity index is 944. The first-order chi connectivity index (χ1) is 13.8. The molecule has 0 atom stereocenters. The van der Waals surface area contributed by atoms with Crippen molar-refractivity contribution in [3.8, 4) is 0 Å². The Hall–Kier alpha value is -2.45. The Balaban J connectivity index is 1.66. The molecule has 0 radical (unpaired) electrons. The summed E-state index contributed by atoms with van der Waals surface area (Å²) < 4.78 is 40.1. The van der Waals surface area contributed by atoms with Crippen LogP contribution in [0, 0.1) is 5.82 Å². The van der Waals surface area contributed by atoms with Crippen molar-refractivity contribution in [1.29, 1.82) is 0 Å². The van der Waals surface area contributed by atoms with Crippen LogP contribution in [0.15, 0.2) is 53.4 Å². The van der Waals surface area contributed by atoms with Crippen molar-refractivity contribution in [2.45, 2.75) is 31.2 Å². The smallest absolute Gasteiger partial charge is 0.253 e. The number of anilines is 1. The summed E-state index contributed by atoms with van der Waals surface area (Å²) in [6, 6.07) is 12.2. The molecule has 1 saturated heterocycles. The number of hydrogen-bond donors (Lipinski definition) is 1. The van der Waals surface area contributed by atoms with Crippen molar-refractivity contribution >= 4 is 21.6 Å². The van der Waals surface area contributed by atoms with Gasteiger partial charge in [0, 0.05) is 43.5 Å². The van der Waals surface area contributed by atoms with Gasteiger partial charge in [-0.25, -0.2) is 17.5 Å². The zero-order valence-corrected chi connectivity index (χ0v) is 17.5. The number of sulfonamides is 1. The summed E-state index contributed by atoms with van der Waals surface area (Å²) in [5.41, 5.74) is 1.40. The van der Waals surface area contributed by atoms with Gasteiger partial charge in [0.25, 0.3) is 5.91 Å². The van der Waals surface area contributed by atoms with Gasteiger partial charge in [0.15, 0.2) is 0 Å².